The van der Waals surface area contributed by atoms with Crippen LogP contribution in [0.5, 0.6) is 0 Å². The molecule has 0 bridgehead atoms. The standard InChI is InChI=1S/C14H15NO2/c1-4-14(2,3)12-11(13(16)17)9-7-5-6-8-10(9)15-12/h4-8,15H,1H2,2-3H3,(H,16,17). The molecule has 0 fully saturated rings. The van der Waals surface area contributed by atoms with E-state index >= 15 is 0 Å². The minimum absolute atomic E-state index is 0.338. The van der Waals surface area contributed by atoms with Crippen LogP contribution in [0.3, 0.4) is 0 Å². The van der Waals surface area contributed by atoms with Crippen LogP contribution in [-0.2, 0) is 5.41 Å². The third-order valence-corrected chi connectivity index (χ3v) is 3.07. The van der Waals surface area contributed by atoms with Crippen LogP contribution in [0.15, 0.2) is 36.9 Å². The van der Waals surface area contributed by atoms with Crippen molar-refractivity contribution in [3.8, 4) is 0 Å². The summed E-state index contributed by atoms with van der Waals surface area (Å²) in [5.74, 6) is -0.910. The van der Waals surface area contributed by atoms with E-state index in [1.807, 2.05) is 38.1 Å². The Morgan fingerprint density at radius 1 is 1.41 bits per heavy atom. The zero-order valence-electron chi connectivity index (χ0n) is 9.95. The molecule has 88 valence electrons. The molecular weight excluding hydrogens is 214 g/mol. The lowest BCUT2D eigenvalue weighted by molar-refractivity contribution is 0.0696. The van der Waals surface area contributed by atoms with E-state index in [9.17, 15) is 9.90 Å². The second kappa shape index (κ2) is 3.77. The highest BCUT2D eigenvalue weighted by atomic mass is 16.4. The van der Waals surface area contributed by atoms with Crippen LogP contribution in [0.25, 0.3) is 10.9 Å². The van der Waals surface area contributed by atoms with Crippen LogP contribution >= 0.6 is 0 Å². The number of benzene rings is 1. The summed E-state index contributed by atoms with van der Waals surface area (Å²) in [5, 5.41) is 10.1. The van der Waals surface area contributed by atoms with Gasteiger partial charge < -0.3 is 10.1 Å². The zero-order valence-corrected chi connectivity index (χ0v) is 9.95. The first-order valence-corrected chi connectivity index (χ1v) is 5.45. The molecule has 0 aliphatic rings. The molecule has 0 unspecified atom stereocenters. The minimum atomic E-state index is -0.910. The Balaban J connectivity index is 2.84. The quantitative estimate of drug-likeness (QED) is 0.793. The molecule has 2 rings (SSSR count). The maximum absolute atomic E-state index is 11.4. The number of aromatic nitrogens is 1. The van der Waals surface area contributed by atoms with Gasteiger partial charge in [-0.05, 0) is 6.07 Å². The first-order valence-electron chi connectivity index (χ1n) is 5.45. The van der Waals surface area contributed by atoms with E-state index in [0.717, 1.165) is 10.9 Å². The van der Waals surface area contributed by atoms with E-state index in [1.54, 1.807) is 6.08 Å². The van der Waals surface area contributed by atoms with E-state index in [1.165, 1.54) is 0 Å². The summed E-state index contributed by atoms with van der Waals surface area (Å²) < 4.78 is 0. The smallest absolute Gasteiger partial charge is 0.338 e. The van der Waals surface area contributed by atoms with Gasteiger partial charge in [-0.3, -0.25) is 0 Å². The number of aromatic amines is 1. The summed E-state index contributed by atoms with van der Waals surface area (Å²) in [6.07, 6.45) is 1.75. The zero-order chi connectivity index (χ0) is 12.6. The van der Waals surface area contributed by atoms with Crippen molar-refractivity contribution >= 4 is 16.9 Å². The number of aromatic carboxylic acids is 1. The van der Waals surface area contributed by atoms with E-state index in [4.69, 9.17) is 0 Å². The highest BCUT2D eigenvalue weighted by molar-refractivity contribution is 6.05. The number of rotatable bonds is 3. The normalized spacial score (nSPS) is 11.6. The predicted molar refractivity (Wildman–Crippen MR) is 68.5 cm³/mol. The van der Waals surface area contributed by atoms with Gasteiger partial charge in [0.2, 0.25) is 0 Å². The number of hydrogen-bond acceptors (Lipinski definition) is 1. The Morgan fingerprint density at radius 2 is 2.06 bits per heavy atom. The molecule has 1 heterocycles. The van der Waals surface area contributed by atoms with Gasteiger partial charge in [-0.15, -0.1) is 6.58 Å². The Morgan fingerprint density at radius 3 is 2.65 bits per heavy atom. The van der Waals surface area contributed by atoms with Gasteiger partial charge in [0.25, 0.3) is 0 Å². The number of carboxylic acid groups (broad SMARTS) is 1. The molecule has 0 aliphatic heterocycles. The fourth-order valence-corrected chi connectivity index (χ4v) is 1.95. The highest BCUT2D eigenvalue weighted by Crippen LogP contribution is 2.32. The predicted octanol–water partition coefficient (Wildman–Crippen LogP) is 3.33. The lowest BCUT2D eigenvalue weighted by Crippen LogP contribution is -2.17. The minimum Gasteiger partial charge on any atom is -0.478 e. The highest BCUT2D eigenvalue weighted by Gasteiger charge is 2.27. The van der Waals surface area contributed by atoms with Crippen LogP contribution in [0, 0.1) is 0 Å². The molecule has 0 spiro atoms. The Labute approximate surface area is 99.8 Å². The number of allylic oxidation sites excluding steroid dienone is 1. The molecule has 1 aromatic carbocycles. The summed E-state index contributed by atoms with van der Waals surface area (Å²) in [5.41, 5.74) is 1.48. The number of carbonyl (C=O) groups is 1. The molecular formula is C14H15NO2. The summed E-state index contributed by atoms with van der Waals surface area (Å²) in [6.45, 7) is 7.65. The number of hydrogen-bond donors (Lipinski definition) is 2. The van der Waals surface area contributed by atoms with E-state index < -0.39 is 11.4 Å². The topological polar surface area (TPSA) is 53.1 Å². The molecule has 3 heteroatoms. The van der Waals surface area contributed by atoms with E-state index in [-0.39, 0.29) is 0 Å². The molecule has 2 N–H and O–H groups in total. The number of fused-ring (bicyclic) bond motifs is 1. The SMILES string of the molecule is C=CC(C)(C)c1[nH]c2ccccc2c1C(=O)O. The van der Waals surface area contributed by atoms with Crippen molar-refractivity contribution < 1.29 is 9.90 Å². The van der Waals surface area contributed by atoms with Gasteiger partial charge in [-0.1, -0.05) is 38.1 Å². The second-order valence-electron chi connectivity index (χ2n) is 4.65. The Kier molecular flexibility index (Phi) is 2.54. The second-order valence-corrected chi connectivity index (χ2v) is 4.65. The monoisotopic (exact) mass is 229 g/mol. The van der Waals surface area contributed by atoms with Gasteiger partial charge in [-0.25, -0.2) is 4.79 Å². The molecule has 0 radical (unpaired) electrons. The molecule has 0 atom stereocenters. The van der Waals surface area contributed by atoms with Gasteiger partial charge in [0.15, 0.2) is 0 Å². The summed E-state index contributed by atoms with van der Waals surface area (Å²) in [4.78, 5) is 14.6. The maximum atomic E-state index is 11.4. The van der Waals surface area contributed by atoms with Crippen molar-refractivity contribution in [2.75, 3.05) is 0 Å². The van der Waals surface area contributed by atoms with Crippen molar-refractivity contribution in [3.63, 3.8) is 0 Å². The van der Waals surface area contributed by atoms with Crippen LogP contribution in [0.4, 0.5) is 0 Å². The lowest BCUT2D eigenvalue weighted by atomic mass is 9.87. The maximum Gasteiger partial charge on any atom is 0.338 e. The summed E-state index contributed by atoms with van der Waals surface area (Å²) >= 11 is 0. The molecule has 0 aliphatic carbocycles. The van der Waals surface area contributed by atoms with Crippen molar-refractivity contribution in [3.05, 3.63) is 48.2 Å². The van der Waals surface area contributed by atoms with Gasteiger partial charge in [0, 0.05) is 22.0 Å². The largest absolute Gasteiger partial charge is 0.478 e. The molecule has 0 saturated carbocycles. The first-order chi connectivity index (χ1) is 7.97. The van der Waals surface area contributed by atoms with Crippen molar-refractivity contribution in [2.24, 2.45) is 0 Å². The van der Waals surface area contributed by atoms with Crippen molar-refractivity contribution in [1.29, 1.82) is 0 Å². The van der Waals surface area contributed by atoms with Gasteiger partial charge >= 0.3 is 5.97 Å². The number of nitrogens with one attached hydrogen (secondary N) is 1. The van der Waals surface area contributed by atoms with Gasteiger partial charge in [0.05, 0.1) is 5.56 Å². The number of H-pyrrole nitrogens is 1. The number of carboxylic acids is 1. The fourth-order valence-electron chi connectivity index (χ4n) is 1.95. The molecule has 3 nitrogen and oxygen atoms in total. The first kappa shape index (κ1) is 11.5. The van der Waals surface area contributed by atoms with E-state index in [2.05, 4.69) is 11.6 Å². The van der Waals surface area contributed by atoms with Crippen molar-refractivity contribution in [2.45, 2.75) is 19.3 Å². The third-order valence-electron chi connectivity index (χ3n) is 3.07. The third kappa shape index (κ3) is 1.73. The molecule has 0 saturated heterocycles. The fraction of sp³-hybridized carbons (Fsp3) is 0.214. The lowest BCUT2D eigenvalue weighted by Gasteiger charge is -2.19. The molecule has 2 aromatic rings. The Bertz CT molecular complexity index is 593. The van der Waals surface area contributed by atoms with Crippen LogP contribution < -0.4 is 0 Å². The number of para-hydroxylation sites is 1. The summed E-state index contributed by atoms with van der Waals surface area (Å²) in [7, 11) is 0. The Hall–Kier alpha value is -2.03. The van der Waals surface area contributed by atoms with Crippen molar-refractivity contribution in [1.82, 2.24) is 4.98 Å². The molecule has 0 amide bonds. The van der Waals surface area contributed by atoms with Crippen LogP contribution in [-0.4, -0.2) is 16.1 Å². The molecule has 17 heavy (non-hydrogen) atoms. The van der Waals surface area contributed by atoms with Crippen LogP contribution in [0.2, 0.25) is 0 Å². The van der Waals surface area contributed by atoms with E-state index in [0.29, 0.717) is 11.3 Å². The average molecular weight is 229 g/mol. The van der Waals surface area contributed by atoms with Crippen LogP contribution in [0.1, 0.15) is 29.9 Å². The van der Waals surface area contributed by atoms with Gasteiger partial charge in [-0.2, -0.15) is 0 Å². The molecule has 1 aromatic heterocycles. The van der Waals surface area contributed by atoms with Gasteiger partial charge in [0.1, 0.15) is 0 Å². The average Bonchev–Trinajstić information content (AvgIpc) is 2.68. The summed E-state index contributed by atoms with van der Waals surface area (Å²) in [6, 6.07) is 7.42.